The zero-order valence-corrected chi connectivity index (χ0v) is 26.0. The van der Waals surface area contributed by atoms with Crippen molar-refractivity contribution in [2.75, 3.05) is 5.75 Å². The van der Waals surface area contributed by atoms with Gasteiger partial charge in [0.2, 0.25) is 0 Å². The zero-order chi connectivity index (χ0) is 29.7. The Morgan fingerprint density at radius 2 is 1.76 bits per heavy atom. The molecule has 0 aromatic heterocycles. The minimum Gasteiger partial charge on any atom is -0.507 e. The third-order valence-corrected chi connectivity index (χ3v) is 10.7. The lowest BCUT2D eigenvalue weighted by Gasteiger charge is -2.29. The second kappa shape index (κ2) is 14.2. The summed E-state index contributed by atoms with van der Waals surface area (Å²) in [6, 6.07) is 7.90. The number of unbranched alkanes of at least 4 members (excludes halogenated alkanes) is 1. The van der Waals surface area contributed by atoms with Crippen LogP contribution in [-0.4, -0.2) is 44.9 Å². The van der Waals surface area contributed by atoms with Crippen LogP contribution in [0.2, 0.25) is 10.0 Å². The lowest BCUT2D eigenvalue weighted by Crippen LogP contribution is -2.29. The molecule has 0 saturated carbocycles. The van der Waals surface area contributed by atoms with Crippen LogP contribution >= 0.6 is 46.7 Å². The van der Waals surface area contributed by atoms with Crippen molar-refractivity contribution in [3.63, 3.8) is 0 Å². The number of ether oxygens (including phenoxy) is 1. The number of benzene rings is 2. The summed E-state index contributed by atoms with van der Waals surface area (Å²) in [4.78, 5) is 38.9. The number of esters is 1. The Morgan fingerprint density at radius 3 is 2.44 bits per heavy atom. The molecule has 2 N–H and O–H groups in total. The molecule has 0 amide bonds. The minimum atomic E-state index is -0.990. The second-order valence-corrected chi connectivity index (χ2v) is 14.0. The molecule has 1 aliphatic carbocycles. The molecule has 2 aromatic rings. The number of fused-ring (bicyclic) bond motifs is 1. The van der Waals surface area contributed by atoms with Crippen LogP contribution in [0, 0.1) is 0 Å². The van der Waals surface area contributed by atoms with Crippen molar-refractivity contribution in [1.29, 1.82) is 0 Å². The molecule has 3 atom stereocenters. The summed E-state index contributed by atoms with van der Waals surface area (Å²) in [5.74, 6) is -1.52. The average Bonchev–Trinajstić information content (AvgIpc) is 2.92. The molecular formula is C31H32Cl2O6S2. The molecule has 1 fully saturated rings. The third kappa shape index (κ3) is 7.72. The first-order valence-electron chi connectivity index (χ1n) is 13.5. The highest BCUT2D eigenvalue weighted by Crippen LogP contribution is 2.52. The van der Waals surface area contributed by atoms with E-state index in [1.807, 2.05) is 61.6 Å². The average molecular weight is 636 g/mol. The first kappa shape index (κ1) is 31.5. The Labute approximate surface area is 258 Å². The van der Waals surface area contributed by atoms with Crippen LogP contribution in [0.1, 0.15) is 83.2 Å². The smallest absolute Gasteiger partial charge is 0.306 e. The van der Waals surface area contributed by atoms with Crippen molar-refractivity contribution >= 4 is 64.3 Å². The number of hydrogen-bond acceptors (Lipinski definition) is 8. The fourth-order valence-corrected chi connectivity index (χ4v) is 9.30. The first-order valence-corrected chi connectivity index (χ1v) is 16.2. The predicted octanol–water partition coefficient (Wildman–Crippen LogP) is 8.48. The van der Waals surface area contributed by atoms with Crippen LogP contribution in [-0.2, 0) is 9.53 Å². The highest BCUT2D eigenvalue weighted by molar-refractivity contribution is 8.17. The molecule has 218 valence electrons. The summed E-state index contributed by atoms with van der Waals surface area (Å²) in [5, 5.41) is 22.2. The third-order valence-electron chi connectivity index (χ3n) is 6.96. The normalized spacial score (nSPS) is 19.3. The van der Waals surface area contributed by atoms with Crippen LogP contribution in [0.3, 0.4) is 0 Å². The Bertz CT molecular complexity index is 1380. The summed E-state index contributed by atoms with van der Waals surface area (Å²) in [6.07, 6.45) is 5.78. The molecule has 4 rings (SSSR count). The summed E-state index contributed by atoms with van der Waals surface area (Å²) < 4.78 is 5.90. The molecule has 0 radical (unpaired) electrons. The van der Waals surface area contributed by atoms with Crippen LogP contribution in [0.15, 0.2) is 53.6 Å². The van der Waals surface area contributed by atoms with Gasteiger partial charge in [0.05, 0.1) is 15.7 Å². The van der Waals surface area contributed by atoms with Gasteiger partial charge in [0, 0.05) is 39.3 Å². The Balaban J connectivity index is 1.35. The van der Waals surface area contributed by atoms with E-state index in [1.165, 1.54) is 0 Å². The highest BCUT2D eigenvalue weighted by atomic mass is 35.5. The van der Waals surface area contributed by atoms with E-state index in [0.29, 0.717) is 21.7 Å². The van der Waals surface area contributed by atoms with Crippen LogP contribution < -0.4 is 0 Å². The van der Waals surface area contributed by atoms with Gasteiger partial charge in [0.25, 0.3) is 0 Å². The van der Waals surface area contributed by atoms with Gasteiger partial charge in [-0.2, -0.15) is 0 Å². The van der Waals surface area contributed by atoms with E-state index in [9.17, 15) is 24.6 Å². The Hall–Kier alpha value is -2.39. The maximum atomic E-state index is 13.3. The van der Waals surface area contributed by atoms with Gasteiger partial charge < -0.3 is 14.9 Å². The maximum Gasteiger partial charge on any atom is 0.306 e. The molecule has 1 saturated heterocycles. The summed E-state index contributed by atoms with van der Waals surface area (Å²) in [7, 11) is 0. The molecule has 1 heterocycles. The SMILES string of the molecule is CC(C)=CC[C@@H](OC(=O)CCCC[C@@H]1CCSC(c2c(Cl)cccc2Cl)S1)C1=CC(=O)c2c(O)ccc(O)c2C1=O. The van der Waals surface area contributed by atoms with Gasteiger partial charge in [-0.1, -0.05) is 47.3 Å². The number of phenolic OH excluding ortho intramolecular Hbond substituents is 2. The van der Waals surface area contributed by atoms with Crippen LogP contribution in [0.5, 0.6) is 11.5 Å². The summed E-state index contributed by atoms with van der Waals surface area (Å²) in [6.45, 7) is 3.76. The van der Waals surface area contributed by atoms with Crippen molar-refractivity contribution in [2.45, 2.75) is 68.3 Å². The van der Waals surface area contributed by atoms with Gasteiger partial charge in [0.1, 0.15) is 17.6 Å². The summed E-state index contributed by atoms with van der Waals surface area (Å²) in [5.41, 5.74) is 1.39. The van der Waals surface area contributed by atoms with E-state index in [2.05, 4.69) is 0 Å². The Morgan fingerprint density at radius 1 is 1.07 bits per heavy atom. The molecule has 0 bridgehead atoms. The van der Waals surface area contributed by atoms with Gasteiger partial charge in [-0.15, -0.1) is 23.5 Å². The first-order chi connectivity index (χ1) is 19.6. The molecule has 2 aliphatic rings. The van der Waals surface area contributed by atoms with Gasteiger partial charge in [-0.3, -0.25) is 14.4 Å². The lowest BCUT2D eigenvalue weighted by molar-refractivity contribution is -0.147. The fourth-order valence-electron chi connectivity index (χ4n) is 4.85. The van der Waals surface area contributed by atoms with E-state index >= 15 is 0 Å². The topological polar surface area (TPSA) is 101 Å². The molecule has 2 aromatic carbocycles. The number of phenols is 2. The highest BCUT2D eigenvalue weighted by Gasteiger charge is 2.35. The number of Topliss-reactive ketones (excluding diaryl/α,β-unsaturated/α-hetero) is 1. The number of rotatable bonds is 10. The van der Waals surface area contributed by atoms with E-state index in [0.717, 1.165) is 54.4 Å². The number of ketones is 2. The van der Waals surface area contributed by atoms with Gasteiger partial charge >= 0.3 is 5.97 Å². The second-order valence-electron chi connectivity index (χ2n) is 10.3. The van der Waals surface area contributed by atoms with Gasteiger partial charge in [-0.05, 0) is 69.2 Å². The van der Waals surface area contributed by atoms with Crippen molar-refractivity contribution in [3.8, 4) is 11.5 Å². The van der Waals surface area contributed by atoms with E-state index in [4.69, 9.17) is 27.9 Å². The number of aromatic hydroxyl groups is 2. The number of allylic oxidation sites excluding steroid dienone is 2. The van der Waals surface area contributed by atoms with Crippen molar-refractivity contribution in [2.24, 2.45) is 0 Å². The molecule has 10 heteroatoms. The maximum absolute atomic E-state index is 13.3. The largest absolute Gasteiger partial charge is 0.507 e. The van der Waals surface area contributed by atoms with Gasteiger partial charge in [0.15, 0.2) is 11.6 Å². The molecule has 6 nitrogen and oxygen atoms in total. The van der Waals surface area contributed by atoms with E-state index in [-0.39, 0.29) is 39.9 Å². The lowest BCUT2D eigenvalue weighted by atomic mass is 9.85. The standard InChI is InChI=1S/C31H32Cl2O6S2/c1-17(2)10-13-25(19-16-24(36)28-22(34)11-12-23(35)29(28)30(19)38)39-26(37)9-4-3-6-18-14-15-40-31(41-18)27-20(32)7-5-8-21(27)33/h5,7-8,10-12,16,18,25,31,34-35H,3-4,6,9,13-15H2,1-2H3/t18-,25-,31?/m1/s1. The quantitative estimate of drug-likeness (QED) is 0.116. The molecular weight excluding hydrogens is 603 g/mol. The van der Waals surface area contributed by atoms with E-state index < -0.39 is 29.4 Å². The monoisotopic (exact) mass is 634 g/mol. The fraction of sp³-hybridized carbons (Fsp3) is 0.387. The minimum absolute atomic E-state index is 0.0189. The number of carbonyl (C=O) groups excluding carboxylic acids is 3. The number of thioether (sulfide) groups is 2. The molecule has 41 heavy (non-hydrogen) atoms. The van der Waals surface area contributed by atoms with Crippen molar-refractivity contribution in [3.05, 3.63) is 80.4 Å². The molecule has 1 unspecified atom stereocenters. The van der Waals surface area contributed by atoms with Crippen molar-refractivity contribution < 1.29 is 29.3 Å². The Kier molecular flexibility index (Phi) is 10.9. The molecule has 1 aliphatic heterocycles. The van der Waals surface area contributed by atoms with Crippen LogP contribution in [0.25, 0.3) is 0 Å². The summed E-state index contributed by atoms with van der Waals surface area (Å²) >= 11 is 16.6. The molecule has 0 spiro atoms. The number of carbonyl (C=O) groups is 3. The zero-order valence-electron chi connectivity index (χ0n) is 22.8. The predicted molar refractivity (Wildman–Crippen MR) is 167 cm³/mol. The van der Waals surface area contributed by atoms with Crippen LogP contribution in [0.4, 0.5) is 0 Å². The number of halogens is 2. The number of hydrogen-bond donors (Lipinski definition) is 2. The van der Waals surface area contributed by atoms with Gasteiger partial charge in [-0.25, -0.2) is 0 Å². The van der Waals surface area contributed by atoms with Crippen molar-refractivity contribution in [1.82, 2.24) is 0 Å². The van der Waals surface area contributed by atoms with E-state index in [1.54, 1.807) is 0 Å².